The molecule has 2 aromatic carbocycles. The van der Waals surface area contributed by atoms with Crippen molar-refractivity contribution in [1.82, 2.24) is 10.6 Å². The summed E-state index contributed by atoms with van der Waals surface area (Å²) in [5, 5.41) is 6.07. The number of para-hydroxylation sites is 1. The van der Waals surface area contributed by atoms with Crippen LogP contribution in [0.25, 0.3) is 0 Å². The van der Waals surface area contributed by atoms with Crippen molar-refractivity contribution in [3.63, 3.8) is 0 Å². The Hall–Kier alpha value is -2.05. The van der Waals surface area contributed by atoms with Crippen molar-refractivity contribution >= 4 is 39.3 Å². The third-order valence-electron chi connectivity index (χ3n) is 3.86. The normalized spacial score (nSPS) is 15.7. The number of amides is 2. The zero-order chi connectivity index (χ0) is 17.8. The van der Waals surface area contributed by atoms with Crippen LogP contribution in [0.5, 0.6) is 5.75 Å². The van der Waals surface area contributed by atoms with E-state index in [0.717, 1.165) is 10.0 Å². The van der Waals surface area contributed by atoms with Gasteiger partial charge in [-0.1, -0.05) is 45.7 Å². The minimum atomic E-state index is -0.299. The Bertz CT molecular complexity index is 813. The third-order valence-corrected chi connectivity index (χ3v) is 4.65. The van der Waals surface area contributed by atoms with Gasteiger partial charge < -0.3 is 15.4 Å². The van der Waals surface area contributed by atoms with Gasteiger partial charge in [0.25, 0.3) is 5.91 Å². The lowest BCUT2D eigenvalue weighted by molar-refractivity contribution is -0.121. The fourth-order valence-electron chi connectivity index (χ4n) is 2.67. The van der Waals surface area contributed by atoms with E-state index in [0.29, 0.717) is 29.4 Å². The van der Waals surface area contributed by atoms with Crippen LogP contribution in [-0.4, -0.2) is 25.0 Å². The number of nitrogens with one attached hydrogen (secondary N) is 2. The molecule has 1 unspecified atom stereocenters. The quantitative estimate of drug-likeness (QED) is 0.791. The van der Waals surface area contributed by atoms with E-state index >= 15 is 0 Å². The fraction of sp³-hybridized carbons (Fsp3) is 0.222. The first-order valence-electron chi connectivity index (χ1n) is 7.79. The SMILES string of the molecule is O=C(CNC(=O)c1cccc(Br)c1)NC1CCOc2c(Cl)cccc21. The molecule has 2 aromatic rings. The van der Waals surface area contributed by atoms with Gasteiger partial charge in [-0.3, -0.25) is 9.59 Å². The molecule has 0 aromatic heterocycles. The molecule has 1 atom stereocenters. The summed E-state index contributed by atoms with van der Waals surface area (Å²) in [6, 6.07) is 12.3. The second-order valence-corrected chi connectivity index (χ2v) is 6.93. The van der Waals surface area contributed by atoms with Crippen LogP contribution >= 0.6 is 27.5 Å². The number of benzene rings is 2. The number of ether oxygens (including phenoxy) is 1. The van der Waals surface area contributed by atoms with Crippen LogP contribution in [0.15, 0.2) is 46.9 Å². The molecule has 3 rings (SSSR count). The average Bonchev–Trinajstić information content (AvgIpc) is 2.60. The topological polar surface area (TPSA) is 67.4 Å². The Kier molecular flexibility index (Phi) is 5.60. The minimum Gasteiger partial charge on any atom is -0.492 e. The predicted molar refractivity (Wildman–Crippen MR) is 98.9 cm³/mol. The van der Waals surface area contributed by atoms with E-state index < -0.39 is 0 Å². The van der Waals surface area contributed by atoms with Gasteiger partial charge in [0, 0.05) is 22.0 Å². The molecule has 1 heterocycles. The molecule has 0 saturated heterocycles. The molecule has 5 nitrogen and oxygen atoms in total. The number of carbonyl (C=O) groups excluding carboxylic acids is 2. The largest absolute Gasteiger partial charge is 0.492 e. The monoisotopic (exact) mass is 422 g/mol. The number of halogens is 2. The van der Waals surface area contributed by atoms with Crippen LogP contribution in [0.2, 0.25) is 5.02 Å². The highest BCUT2D eigenvalue weighted by molar-refractivity contribution is 9.10. The number of fused-ring (bicyclic) bond motifs is 1. The summed E-state index contributed by atoms with van der Waals surface area (Å²) in [7, 11) is 0. The van der Waals surface area contributed by atoms with Gasteiger partial charge in [0.05, 0.1) is 24.2 Å². The molecule has 0 fully saturated rings. The maximum absolute atomic E-state index is 12.2. The van der Waals surface area contributed by atoms with Crippen molar-refractivity contribution in [2.45, 2.75) is 12.5 Å². The summed E-state index contributed by atoms with van der Waals surface area (Å²) < 4.78 is 6.38. The van der Waals surface area contributed by atoms with Crippen LogP contribution in [0.4, 0.5) is 0 Å². The molecule has 25 heavy (non-hydrogen) atoms. The number of carbonyl (C=O) groups is 2. The first-order valence-corrected chi connectivity index (χ1v) is 8.96. The van der Waals surface area contributed by atoms with E-state index in [1.807, 2.05) is 18.2 Å². The Labute approximate surface area is 158 Å². The molecule has 1 aliphatic rings. The fourth-order valence-corrected chi connectivity index (χ4v) is 3.31. The summed E-state index contributed by atoms with van der Waals surface area (Å²) >= 11 is 9.44. The van der Waals surface area contributed by atoms with Crippen molar-refractivity contribution in [3.8, 4) is 5.75 Å². The highest BCUT2D eigenvalue weighted by atomic mass is 79.9. The van der Waals surface area contributed by atoms with Crippen molar-refractivity contribution in [2.75, 3.05) is 13.2 Å². The Morgan fingerprint density at radius 3 is 2.84 bits per heavy atom. The van der Waals surface area contributed by atoms with Crippen molar-refractivity contribution < 1.29 is 14.3 Å². The van der Waals surface area contributed by atoms with Crippen LogP contribution in [-0.2, 0) is 4.79 Å². The highest BCUT2D eigenvalue weighted by Gasteiger charge is 2.24. The number of hydrogen-bond acceptors (Lipinski definition) is 3. The standard InChI is InChI=1S/C18H16BrClN2O3/c19-12-4-1-3-11(9-12)18(24)21-10-16(23)22-15-7-8-25-17-13(15)5-2-6-14(17)20/h1-6,9,15H,7-8,10H2,(H,21,24)(H,22,23). The van der Waals surface area contributed by atoms with Gasteiger partial charge in [-0.05, 0) is 24.3 Å². The highest BCUT2D eigenvalue weighted by Crippen LogP contribution is 2.37. The second-order valence-electron chi connectivity index (χ2n) is 5.61. The summed E-state index contributed by atoms with van der Waals surface area (Å²) in [5.74, 6) is 0.0481. The van der Waals surface area contributed by atoms with Crippen LogP contribution in [0.1, 0.15) is 28.4 Å². The number of hydrogen-bond donors (Lipinski definition) is 2. The molecule has 7 heteroatoms. The predicted octanol–water partition coefficient (Wildman–Crippen LogP) is 3.47. The Morgan fingerprint density at radius 1 is 1.24 bits per heavy atom. The maximum atomic E-state index is 12.2. The van der Waals surface area contributed by atoms with Gasteiger partial charge >= 0.3 is 0 Å². The van der Waals surface area contributed by atoms with Crippen LogP contribution in [0, 0.1) is 0 Å². The van der Waals surface area contributed by atoms with Crippen molar-refractivity contribution in [1.29, 1.82) is 0 Å². The van der Waals surface area contributed by atoms with Crippen molar-refractivity contribution in [3.05, 3.63) is 63.1 Å². The summed E-state index contributed by atoms with van der Waals surface area (Å²) in [4.78, 5) is 24.3. The molecule has 0 radical (unpaired) electrons. The molecule has 2 amide bonds. The molecular weight excluding hydrogens is 408 g/mol. The van der Waals surface area contributed by atoms with Gasteiger partial charge in [0.15, 0.2) is 0 Å². The molecular formula is C18H16BrClN2O3. The molecule has 0 spiro atoms. The van der Waals surface area contributed by atoms with E-state index in [9.17, 15) is 9.59 Å². The van der Waals surface area contributed by atoms with Gasteiger partial charge in [-0.25, -0.2) is 0 Å². The van der Waals surface area contributed by atoms with E-state index in [1.54, 1.807) is 24.3 Å². The lowest BCUT2D eigenvalue weighted by atomic mass is 10.0. The minimum absolute atomic E-state index is 0.0986. The van der Waals surface area contributed by atoms with E-state index in [1.165, 1.54) is 0 Å². The summed E-state index contributed by atoms with van der Waals surface area (Å²) in [6.07, 6.45) is 0.651. The smallest absolute Gasteiger partial charge is 0.251 e. The van der Waals surface area contributed by atoms with Crippen LogP contribution in [0.3, 0.4) is 0 Å². The Balaban J connectivity index is 1.59. The van der Waals surface area contributed by atoms with E-state index in [-0.39, 0.29) is 24.4 Å². The third kappa shape index (κ3) is 4.32. The zero-order valence-electron chi connectivity index (χ0n) is 13.2. The molecule has 0 bridgehead atoms. The van der Waals surface area contributed by atoms with Crippen LogP contribution < -0.4 is 15.4 Å². The lowest BCUT2D eigenvalue weighted by Crippen LogP contribution is -2.40. The molecule has 1 aliphatic heterocycles. The first kappa shape index (κ1) is 17.8. The van der Waals surface area contributed by atoms with E-state index in [2.05, 4.69) is 26.6 Å². The number of rotatable bonds is 4. The zero-order valence-corrected chi connectivity index (χ0v) is 15.6. The average molecular weight is 424 g/mol. The van der Waals surface area contributed by atoms with Gasteiger partial charge in [0.2, 0.25) is 5.91 Å². The summed E-state index contributed by atoms with van der Waals surface area (Å²) in [5.41, 5.74) is 1.34. The maximum Gasteiger partial charge on any atom is 0.251 e. The van der Waals surface area contributed by atoms with Gasteiger partial charge in [0.1, 0.15) is 5.75 Å². The Morgan fingerprint density at radius 2 is 2.04 bits per heavy atom. The van der Waals surface area contributed by atoms with Gasteiger partial charge in [-0.2, -0.15) is 0 Å². The molecule has 0 saturated carbocycles. The van der Waals surface area contributed by atoms with Gasteiger partial charge in [-0.15, -0.1) is 0 Å². The summed E-state index contributed by atoms with van der Waals surface area (Å²) in [6.45, 7) is 0.380. The first-order chi connectivity index (χ1) is 12.0. The molecule has 2 N–H and O–H groups in total. The van der Waals surface area contributed by atoms with Crippen molar-refractivity contribution in [2.24, 2.45) is 0 Å². The van der Waals surface area contributed by atoms with E-state index in [4.69, 9.17) is 16.3 Å². The molecule has 0 aliphatic carbocycles. The molecule has 130 valence electrons. The second kappa shape index (κ2) is 7.89. The lowest BCUT2D eigenvalue weighted by Gasteiger charge is -2.27.